The highest BCUT2D eigenvalue weighted by atomic mass is 19.1. The molecule has 0 aliphatic heterocycles. The van der Waals surface area contributed by atoms with Crippen molar-refractivity contribution in [2.24, 2.45) is 0 Å². The van der Waals surface area contributed by atoms with Crippen LogP contribution in [0.4, 0.5) is 4.39 Å². The lowest BCUT2D eigenvalue weighted by Crippen LogP contribution is -2.35. The summed E-state index contributed by atoms with van der Waals surface area (Å²) in [6.45, 7) is 0. The van der Waals surface area contributed by atoms with Crippen LogP contribution in [0.25, 0.3) is 0 Å². The fourth-order valence-electron chi connectivity index (χ4n) is 2.47. The van der Waals surface area contributed by atoms with Crippen LogP contribution in [0, 0.1) is 5.82 Å². The molecule has 2 nitrogen and oxygen atoms in total. The maximum atomic E-state index is 12.8. The van der Waals surface area contributed by atoms with Crippen LogP contribution in [0.3, 0.4) is 0 Å². The molecule has 1 aliphatic rings. The quantitative estimate of drug-likeness (QED) is 0.907. The number of benzene rings is 2. The molecule has 0 spiro atoms. The van der Waals surface area contributed by atoms with Crippen molar-refractivity contribution in [3.63, 3.8) is 0 Å². The maximum Gasteiger partial charge on any atom is 0.225 e. The molecule has 0 heterocycles. The van der Waals surface area contributed by atoms with Crippen molar-refractivity contribution in [2.75, 3.05) is 0 Å². The van der Waals surface area contributed by atoms with E-state index in [4.69, 9.17) is 0 Å². The average Bonchev–Trinajstić information content (AvgIpc) is 3.23. The van der Waals surface area contributed by atoms with E-state index in [0.29, 0.717) is 0 Å². The average molecular weight is 269 g/mol. The topological polar surface area (TPSA) is 29.1 Å². The molecule has 0 unspecified atom stereocenters. The molecule has 1 N–H and O–H groups in total. The highest BCUT2D eigenvalue weighted by molar-refractivity contribution is 5.80. The Kier molecular flexibility index (Phi) is 3.26. The summed E-state index contributed by atoms with van der Waals surface area (Å²) in [5.74, 6) is -0.296. The number of hydrogen-bond acceptors (Lipinski definition) is 1. The van der Waals surface area contributed by atoms with E-state index in [1.807, 2.05) is 30.3 Å². The van der Waals surface area contributed by atoms with E-state index >= 15 is 0 Å². The van der Waals surface area contributed by atoms with Crippen LogP contribution in [0.15, 0.2) is 54.6 Å². The molecule has 1 saturated carbocycles. The third kappa shape index (κ3) is 2.72. The van der Waals surface area contributed by atoms with E-state index in [0.717, 1.165) is 24.0 Å². The monoisotopic (exact) mass is 269 g/mol. The first-order chi connectivity index (χ1) is 9.68. The summed E-state index contributed by atoms with van der Waals surface area (Å²) in [5.41, 5.74) is 1.80. The highest BCUT2D eigenvalue weighted by Crippen LogP contribution is 2.45. The zero-order valence-corrected chi connectivity index (χ0v) is 11.1. The number of halogens is 1. The molecule has 20 heavy (non-hydrogen) atoms. The summed E-state index contributed by atoms with van der Waals surface area (Å²) in [7, 11) is 0. The summed E-state index contributed by atoms with van der Waals surface area (Å²) >= 11 is 0. The lowest BCUT2D eigenvalue weighted by molar-refractivity contribution is -0.121. The number of rotatable bonds is 4. The van der Waals surface area contributed by atoms with Crippen LogP contribution in [-0.2, 0) is 16.8 Å². The number of hydrogen-bond donors (Lipinski definition) is 1. The Morgan fingerprint density at radius 3 is 2.30 bits per heavy atom. The lowest BCUT2D eigenvalue weighted by atomic mass is 10.0. The van der Waals surface area contributed by atoms with Crippen LogP contribution < -0.4 is 5.32 Å². The van der Waals surface area contributed by atoms with Crippen molar-refractivity contribution in [1.29, 1.82) is 0 Å². The number of nitrogens with one attached hydrogen (secondary N) is 1. The van der Waals surface area contributed by atoms with Crippen LogP contribution in [0.5, 0.6) is 0 Å². The first-order valence-corrected chi connectivity index (χ1v) is 6.79. The predicted molar refractivity (Wildman–Crippen MR) is 75.6 cm³/mol. The van der Waals surface area contributed by atoms with E-state index < -0.39 is 0 Å². The van der Waals surface area contributed by atoms with Gasteiger partial charge in [-0.1, -0.05) is 42.5 Å². The van der Waals surface area contributed by atoms with Crippen LogP contribution in [-0.4, -0.2) is 5.91 Å². The predicted octanol–water partition coefficient (Wildman–Crippen LogP) is 3.17. The van der Waals surface area contributed by atoms with Crippen LogP contribution in [0.2, 0.25) is 0 Å². The summed E-state index contributed by atoms with van der Waals surface area (Å²) in [5, 5.41) is 3.11. The van der Waals surface area contributed by atoms with Crippen LogP contribution in [0.1, 0.15) is 24.0 Å². The van der Waals surface area contributed by atoms with E-state index in [1.165, 1.54) is 12.1 Å². The zero-order valence-electron chi connectivity index (χ0n) is 11.1. The Balaban J connectivity index is 1.66. The van der Waals surface area contributed by atoms with Gasteiger partial charge in [0.15, 0.2) is 0 Å². The molecule has 0 saturated heterocycles. The molecule has 3 rings (SSSR count). The Bertz CT molecular complexity index is 603. The largest absolute Gasteiger partial charge is 0.346 e. The van der Waals surface area contributed by atoms with Gasteiger partial charge in [0, 0.05) is 0 Å². The van der Waals surface area contributed by atoms with E-state index in [-0.39, 0.29) is 23.7 Å². The van der Waals surface area contributed by atoms with Gasteiger partial charge in [0.05, 0.1) is 12.0 Å². The highest BCUT2D eigenvalue weighted by Gasteiger charge is 2.45. The van der Waals surface area contributed by atoms with Gasteiger partial charge in [-0.15, -0.1) is 0 Å². The SMILES string of the molecule is O=C(Cc1ccc(F)cc1)NC1(c2ccccc2)CC1. The third-order valence-electron chi connectivity index (χ3n) is 3.73. The minimum absolute atomic E-state index is 0.0158. The van der Waals surface area contributed by atoms with E-state index in [9.17, 15) is 9.18 Å². The van der Waals surface area contributed by atoms with Gasteiger partial charge in [-0.2, -0.15) is 0 Å². The van der Waals surface area contributed by atoms with Crippen molar-refractivity contribution in [3.8, 4) is 0 Å². The minimum Gasteiger partial charge on any atom is -0.346 e. The molecule has 2 aromatic carbocycles. The number of amides is 1. The van der Waals surface area contributed by atoms with Crippen molar-refractivity contribution in [2.45, 2.75) is 24.8 Å². The van der Waals surface area contributed by atoms with Crippen LogP contribution >= 0.6 is 0 Å². The second-order valence-corrected chi connectivity index (χ2v) is 5.30. The van der Waals surface area contributed by atoms with Gasteiger partial charge in [-0.25, -0.2) is 4.39 Å². The maximum absolute atomic E-state index is 12.8. The zero-order chi connectivity index (χ0) is 14.0. The molecule has 0 bridgehead atoms. The van der Waals surface area contributed by atoms with Crippen molar-refractivity contribution >= 4 is 5.91 Å². The lowest BCUT2D eigenvalue weighted by Gasteiger charge is -2.18. The van der Waals surface area contributed by atoms with Gasteiger partial charge in [-0.3, -0.25) is 4.79 Å². The summed E-state index contributed by atoms with van der Waals surface area (Å²) in [6, 6.07) is 16.1. The molecular weight excluding hydrogens is 253 g/mol. The number of carbonyl (C=O) groups excluding carboxylic acids is 1. The van der Waals surface area contributed by atoms with Gasteiger partial charge >= 0.3 is 0 Å². The second kappa shape index (κ2) is 5.08. The molecule has 3 heteroatoms. The third-order valence-corrected chi connectivity index (χ3v) is 3.73. The van der Waals surface area contributed by atoms with Crippen molar-refractivity contribution < 1.29 is 9.18 Å². The normalized spacial score (nSPS) is 15.7. The van der Waals surface area contributed by atoms with E-state index in [2.05, 4.69) is 5.32 Å². The summed E-state index contributed by atoms with van der Waals surface area (Å²) < 4.78 is 12.8. The fourth-order valence-corrected chi connectivity index (χ4v) is 2.47. The first kappa shape index (κ1) is 12.9. The standard InChI is InChI=1S/C17H16FNO/c18-15-8-6-13(7-9-15)12-16(20)19-17(10-11-17)14-4-2-1-3-5-14/h1-9H,10-12H2,(H,19,20). The van der Waals surface area contributed by atoms with Gasteiger partial charge < -0.3 is 5.32 Å². The smallest absolute Gasteiger partial charge is 0.225 e. The van der Waals surface area contributed by atoms with E-state index in [1.54, 1.807) is 12.1 Å². The summed E-state index contributed by atoms with van der Waals surface area (Å²) in [4.78, 5) is 12.1. The Morgan fingerprint density at radius 2 is 1.70 bits per heavy atom. The van der Waals surface area contributed by atoms with Gasteiger partial charge in [-0.05, 0) is 36.1 Å². The van der Waals surface area contributed by atoms with Gasteiger partial charge in [0.2, 0.25) is 5.91 Å². The molecule has 0 radical (unpaired) electrons. The Hall–Kier alpha value is -2.16. The molecule has 0 aromatic heterocycles. The summed E-state index contributed by atoms with van der Waals surface area (Å²) in [6.07, 6.45) is 2.24. The molecule has 2 aromatic rings. The Morgan fingerprint density at radius 1 is 1.05 bits per heavy atom. The molecule has 1 amide bonds. The molecule has 0 atom stereocenters. The molecule has 1 aliphatic carbocycles. The molecular formula is C17H16FNO. The molecule has 102 valence electrons. The Labute approximate surface area is 117 Å². The van der Waals surface area contributed by atoms with Gasteiger partial charge in [0.25, 0.3) is 0 Å². The second-order valence-electron chi connectivity index (χ2n) is 5.30. The fraction of sp³-hybridized carbons (Fsp3) is 0.235. The minimum atomic E-state index is -0.280. The van der Waals surface area contributed by atoms with Crippen molar-refractivity contribution in [1.82, 2.24) is 5.32 Å². The number of carbonyl (C=O) groups is 1. The van der Waals surface area contributed by atoms with Gasteiger partial charge in [0.1, 0.15) is 5.82 Å². The molecule has 1 fully saturated rings. The van der Waals surface area contributed by atoms with Crippen molar-refractivity contribution in [3.05, 3.63) is 71.5 Å². The first-order valence-electron chi connectivity index (χ1n) is 6.79.